The lowest BCUT2D eigenvalue weighted by Gasteiger charge is -2.10. The second kappa shape index (κ2) is 8.75. The zero-order chi connectivity index (χ0) is 21.9. The van der Waals surface area contributed by atoms with Crippen LogP contribution in [0.2, 0.25) is 0 Å². The van der Waals surface area contributed by atoms with Gasteiger partial charge >= 0.3 is 6.18 Å². The predicted molar refractivity (Wildman–Crippen MR) is 108 cm³/mol. The van der Waals surface area contributed by atoms with Crippen molar-refractivity contribution in [2.24, 2.45) is 0 Å². The summed E-state index contributed by atoms with van der Waals surface area (Å²) in [7, 11) is 0. The summed E-state index contributed by atoms with van der Waals surface area (Å²) in [6.45, 7) is 5.70. The van der Waals surface area contributed by atoms with E-state index in [-0.39, 0.29) is 12.5 Å². The molecule has 1 heterocycles. The fourth-order valence-electron chi connectivity index (χ4n) is 2.98. The summed E-state index contributed by atoms with van der Waals surface area (Å²) in [5.41, 5.74) is 3.12. The molecular weight excluding hydrogens is 395 g/mol. The molecule has 0 saturated heterocycles. The SMILES string of the molecule is CC(=CC(C)O)c1cc(C)cc(OCc2coc(-c3ccc(C(F)(F)F)cc3)n2)c1. The number of hydrogen-bond acceptors (Lipinski definition) is 4. The highest BCUT2D eigenvalue weighted by Gasteiger charge is 2.30. The van der Waals surface area contributed by atoms with Crippen molar-refractivity contribution >= 4 is 5.57 Å². The predicted octanol–water partition coefficient (Wildman–Crippen LogP) is 6.03. The summed E-state index contributed by atoms with van der Waals surface area (Å²) in [6.07, 6.45) is -1.76. The van der Waals surface area contributed by atoms with E-state index in [4.69, 9.17) is 9.15 Å². The highest BCUT2D eigenvalue weighted by molar-refractivity contribution is 5.66. The van der Waals surface area contributed by atoms with Gasteiger partial charge < -0.3 is 14.3 Å². The summed E-state index contributed by atoms with van der Waals surface area (Å²) in [6, 6.07) is 10.4. The molecule has 4 nitrogen and oxygen atoms in total. The number of aromatic nitrogens is 1. The van der Waals surface area contributed by atoms with Gasteiger partial charge in [-0.3, -0.25) is 0 Å². The van der Waals surface area contributed by atoms with Crippen LogP contribution in [0, 0.1) is 6.92 Å². The van der Waals surface area contributed by atoms with Crippen LogP contribution in [0.1, 0.15) is 36.2 Å². The third-order valence-electron chi connectivity index (χ3n) is 4.40. The molecular formula is C23H22F3NO3. The average molecular weight is 417 g/mol. The van der Waals surface area contributed by atoms with Crippen LogP contribution in [-0.4, -0.2) is 16.2 Å². The minimum atomic E-state index is -4.39. The third kappa shape index (κ3) is 5.51. The lowest BCUT2D eigenvalue weighted by Crippen LogP contribution is -2.04. The molecule has 7 heteroatoms. The first-order valence-electron chi connectivity index (χ1n) is 9.35. The molecule has 1 N–H and O–H groups in total. The van der Waals surface area contributed by atoms with E-state index in [2.05, 4.69) is 4.98 Å². The number of aliphatic hydroxyl groups is 1. The highest BCUT2D eigenvalue weighted by atomic mass is 19.4. The first-order valence-corrected chi connectivity index (χ1v) is 9.35. The number of alkyl halides is 3. The van der Waals surface area contributed by atoms with Gasteiger partial charge in [0, 0.05) is 5.56 Å². The van der Waals surface area contributed by atoms with Gasteiger partial charge in [0.25, 0.3) is 0 Å². The van der Waals surface area contributed by atoms with Gasteiger partial charge in [0.15, 0.2) is 0 Å². The molecule has 2 aromatic carbocycles. The van der Waals surface area contributed by atoms with Gasteiger partial charge in [-0.1, -0.05) is 12.1 Å². The van der Waals surface area contributed by atoms with Crippen molar-refractivity contribution in [3.63, 3.8) is 0 Å². The monoisotopic (exact) mass is 417 g/mol. The van der Waals surface area contributed by atoms with Gasteiger partial charge in [0.05, 0.1) is 11.7 Å². The molecule has 0 spiro atoms. The molecule has 3 rings (SSSR count). The van der Waals surface area contributed by atoms with Crippen LogP contribution >= 0.6 is 0 Å². The van der Waals surface area contributed by atoms with Crippen molar-refractivity contribution in [1.29, 1.82) is 0 Å². The lowest BCUT2D eigenvalue weighted by atomic mass is 10.0. The quantitative estimate of drug-likeness (QED) is 0.532. The van der Waals surface area contributed by atoms with Crippen LogP contribution in [0.3, 0.4) is 0 Å². The van der Waals surface area contributed by atoms with Gasteiger partial charge in [0.2, 0.25) is 5.89 Å². The Morgan fingerprint density at radius 3 is 2.53 bits per heavy atom. The molecule has 0 amide bonds. The maximum absolute atomic E-state index is 12.7. The van der Waals surface area contributed by atoms with E-state index in [0.717, 1.165) is 28.8 Å². The van der Waals surface area contributed by atoms with E-state index in [1.807, 2.05) is 32.0 Å². The van der Waals surface area contributed by atoms with Crippen LogP contribution < -0.4 is 4.74 Å². The number of oxazole rings is 1. The van der Waals surface area contributed by atoms with E-state index in [1.165, 1.54) is 18.4 Å². The smallest absolute Gasteiger partial charge is 0.416 e. The zero-order valence-corrected chi connectivity index (χ0v) is 16.8. The second-order valence-electron chi connectivity index (χ2n) is 7.13. The Balaban J connectivity index is 1.71. The molecule has 0 aliphatic carbocycles. The van der Waals surface area contributed by atoms with Crippen molar-refractivity contribution < 1.29 is 27.4 Å². The van der Waals surface area contributed by atoms with Crippen molar-refractivity contribution in [2.45, 2.75) is 39.7 Å². The normalized spacial score (nSPS) is 13.4. The summed E-state index contributed by atoms with van der Waals surface area (Å²) >= 11 is 0. The van der Waals surface area contributed by atoms with Crippen LogP contribution in [0.4, 0.5) is 13.2 Å². The lowest BCUT2D eigenvalue weighted by molar-refractivity contribution is -0.137. The van der Waals surface area contributed by atoms with Gasteiger partial charge in [0.1, 0.15) is 24.3 Å². The number of halogens is 3. The van der Waals surface area contributed by atoms with Crippen molar-refractivity contribution in [2.75, 3.05) is 0 Å². The van der Waals surface area contributed by atoms with Crippen LogP contribution in [0.5, 0.6) is 5.75 Å². The third-order valence-corrected chi connectivity index (χ3v) is 4.40. The Kier molecular flexibility index (Phi) is 6.31. The Labute approximate surface area is 172 Å². The first kappa shape index (κ1) is 21.6. The topological polar surface area (TPSA) is 55.5 Å². The summed E-state index contributed by atoms with van der Waals surface area (Å²) in [5, 5.41) is 9.54. The van der Waals surface area contributed by atoms with Crippen molar-refractivity contribution in [3.05, 3.63) is 77.2 Å². The van der Waals surface area contributed by atoms with E-state index in [1.54, 1.807) is 13.0 Å². The Morgan fingerprint density at radius 2 is 1.90 bits per heavy atom. The maximum atomic E-state index is 12.7. The maximum Gasteiger partial charge on any atom is 0.416 e. The first-order chi connectivity index (χ1) is 14.1. The van der Waals surface area contributed by atoms with E-state index < -0.39 is 17.8 Å². The van der Waals surface area contributed by atoms with E-state index >= 15 is 0 Å². The molecule has 1 atom stereocenters. The standard InChI is InChI=1S/C23H22F3NO3/c1-14-8-18(15(2)10-16(3)28)11-21(9-14)29-12-20-13-30-22(27-20)17-4-6-19(7-5-17)23(24,25)26/h4-11,13,16,28H,12H2,1-3H3. The summed E-state index contributed by atoms with van der Waals surface area (Å²) < 4.78 is 49.3. The minimum absolute atomic E-state index is 0.145. The summed E-state index contributed by atoms with van der Waals surface area (Å²) in [5.74, 6) is 0.866. The number of ether oxygens (including phenoxy) is 1. The molecule has 0 fully saturated rings. The number of nitrogens with zero attached hydrogens (tertiary/aromatic N) is 1. The van der Waals surface area contributed by atoms with Crippen LogP contribution in [-0.2, 0) is 12.8 Å². The van der Waals surface area contributed by atoms with Crippen LogP contribution in [0.15, 0.2) is 59.2 Å². The largest absolute Gasteiger partial charge is 0.487 e. The van der Waals surface area contributed by atoms with Gasteiger partial charge in [-0.15, -0.1) is 0 Å². The molecule has 158 valence electrons. The zero-order valence-electron chi connectivity index (χ0n) is 16.8. The number of hydrogen-bond donors (Lipinski definition) is 1. The molecule has 0 aliphatic rings. The van der Waals surface area contributed by atoms with Crippen LogP contribution in [0.25, 0.3) is 17.0 Å². The molecule has 0 aliphatic heterocycles. The Morgan fingerprint density at radius 1 is 1.20 bits per heavy atom. The number of rotatable bonds is 6. The van der Waals surface area contributed by atoms with Crippen molar-refractivity contribution in [1.82, 2.24) is 4.98 Å². The van der Waals surface area contributed by atoms with E-state index in [0.29, 0.717) is 17.0 Å². The molecule has 3 aromatic rings. The number of benzene rings is 2. The fraction of sp³-hybridized carbons (Fsp3) is 0.261. The Hall–Kier alpha value is -3.06. The molecule has 1 aromatic heterocycles. The number of aryl methyl sites for hydroxylation is 1. The molecule has 0 radical (unpaired) electrons. The van der Waals surface area contributed by atoms with Gasteiger partial charge in [-0.05, 0) is 73.9 Å². The summed E-state index contributed by atoms with van der Waals surface area (Å²) in [4.78, 5) is 4.29. The second-order valence-corrected chi connectivity index (χ2v) is 7.13. The number of aliphatic hydroxyl groups excluding tert-OH is 1. The average Bonchev–Trinajstić information content (AvgIpc) is 3.14. The van der Waals surface area contributed by atoms with E-state index in [9.17, 15) is 18.3 Å². The van der Waals surface area contributed by atoms with Gasteiger partial charge in [-0.2, -0.15) is 13.2 Å². The molecule has 0 bridgehead atoms. The molecule has 30 heavy (non-hydrogen) atoms. The fourth-order valence-corrected chi connectivity index (χ4v) is 2.98. The molecule has 1 unspecified atom stereocenters. The highest BCUT2D eigenvalue weighted by Crippen LogP contribution is 2.31. The number of allylic oxidation sites excluding steroid dienone is 1. The Bertz CT molecular complexity index is 1030. The van der Waals surface area contributed by atoms with Crippen molar-refractivity contribution in [3.8, 4) is 17.2 Å². The van der Waals surface area contributed by atoms with Gasteiger partial charge in [-0.25, -0.2) is 4.98 Å². The minimum Gasteiger partial charge on any atom is -0.487 e. The molecule has 0 saturated carbocycles.